The SMILES string of the molecule is Cc1nn(-c2cccc(Cl)c2)c2c1C(=O)[C@H]1C(=O)CCC[C@H]1N2. The van der Waals surface area contributed by atoms with Gasteiger partial charge in [0.25, 0.3) is 0 Å². The van der Waals surface area contributed by atoms with Gasteiger partial charge in [-0.05, 0) is 38.0 Å². The number of ketones is 2. The van der Waals surface area contributed by atoms with Crippen LogP contribution in [0.1, 0.15) is 35.3 Å². The number of Topliss-reactive ketones (excluding diaryl/α,β-unsaturated/α-hetero) is 2. The first-order valence-electron chi connectivity index (χ1n) is 7.75. The Bertz CT molecular complexity index is 827. The normalized spacial score (nSPS) is 23.2. The molecule has 2 heterocycles. The molecule has 2 aliphatic rings. The smallest absolute Gasteiger partial charge is 0.181 e. The summed E-state index contributed by atoms with van der Waals surface area (Å²) in [6, 6.07) is 7.20. The number of fused-ring (bicyclic) bond motifs is 2. The summed E-state index contributed by atoms with van der Waals surface area (Å²) in [6.07, 6.45) is 2.13. The van der Waals surface area contributed by atoms with E-state index in [1.165, 1.54) is 0 Å². The van der Waals surface area contributed by atoms with Crippen LogP contribution in [0.25, 0.3) is 5.69 Å². The highest BCUT2D eigenvalue weighted by Gasteiger charge is 2.44. The lowest BCUT2D eigenvalue weighted by molar-refractivity contribution is -0.123. The van der Waals surface area contributed by atoms with Gasteiger partial charge in [0.05, 0.1) is 16.9 Å². The van der Waals surface area contributed by atoms with Crippen LogP contribution in [-0.4, -0.2) is 27.4 Å². The van der Waals surface area contributed by atoms with Crippen LogP contribution in [0.3, 0.4) is 0 Å². The highest BCUT2D eigenvalue weighted by atomic mass is 35.5. The maximum atomic E-state index is 12.9. The van der Waals surface area contributed by atoms with E-state index in [1.54, 1.807) is 23.7 Å². The predicted octanol–water partition coefficient (Wildman–Crippen LogP) is 3.18. The maximum Gasteiger partial charge on any atom is 0.181 e. The zero-order valence-electron chi connectivity index (χ0n) is 12.7. The Morgan fingerprint density at radius 1 is 1.35 bits per heavy atom. The largest absolute Gasteiger partial charge is 0.365 e. The zero-order valence-corrected chi connectivity index (χ0v) is 13.4. The van der Waals surface area contributed by atoms with Crippen molar-refractivity contribution >= 4 is 29.0 Å². The average Bonchev–Trinajstić information content (AvgIpc) is 2.84. The number of benzene rings is 1. The van der Waals surface area contributed by atoms with Crippen LogP contribution in [-0.2, 0) is 4.79 Å². The Hall–Kier alpha value is -2.14. The molecule has 1 aromatic carbocycles. The molecule has 6 heteroatoms. The van der Waals surface area contributed by atoms with E-state index in [1.807, 2.05) is 12.1 Å². The Morgan fingerprint density at radius 3 is 2.96 bits per heavy atom. The monoisotopic (exact) mass is 329 g/mol. The van der Waals surface area contributed by atoms with Gasteiger partial charge in [-0.15, -0.1) is 0 Å². The van der Waals surface area contributed by atoms with Crippen LogP contribution < -0.4 is 5.32 Å². The van der Waals surface area contributed by atoms with Crippen molar-refractivity contribution in [3.05, 3.63) is 40.5 Å². The molecule has 2 atom stereocenters. The van der Waals surface area contributed by atoms with Gasteiger partial charge in [-0.25, -0.2) is 4.68 Å². The number of nitrogens with zero attached hydrogens (tertiary/aromatic N) is 2. The summed E-state index contributed by atoms with van der Waals surface area (Å²) in [4.78, 5) is 25.0. The number of hydrogen-bond donors (Lipinski definition) is 1. The van der Waals surface area contributed by atoms with Crippen LogP contribution in [0.15, 0.2) is 24.3 Å². The number of halogens is 1. The van der Waals surface area contributed by atoms with Gasteiger partial charge in [0.15, 0.2) is 5.78 Å². The van der Waals surface area contributed by atoms with Crippen LogP contribution in [0.2, 0.25) is 5.02 Å². The molecule has 1 aliphatic carbocycles. The molecular weight excluding hydrogens is 314 g/mol. The molecule has 5 nitrogen and oxygen atoms in total. The van der Waals surface area contributed by atoms with Gasteiger partial charge in [0.1, 0.15) is 17.5 Å². The van der Waals surface area contributed by atoms with Gasteiger partial charge in [0.2, 0.25) is 0 Å². The summed E-state index contributed by atoms with van der Waals surface area (Å²) >= 11 is 6.07. The topological polar surface area (TPSA) is 64.0 Å². The van der Waals surface area contributed by atoms with Crippen LogP contribution >= 0.6 is 11.6 Å². The lowest BCUT2D eigenvalue weighted by atomic mass is 9.76. The highest BCUT2D eigenvalue weighted by molar-refractivity contribution is 6.30. The van der Waals surface area contributed by atoms with Crippen molar-refractivity contribution in [2.45, 2.75) is 32.2 Å². The number of rotatable bonds is 1. The van der Waals surface area contributed by atoms with Crippen molar-refractivity contribution in [1.82, 2.24) is 9.78 Å². The van der Waals surface area contributed by atoms with Crippen LogP contribution in [0.4, 0.5) is 5.82 Å². The number of aryl methyl sites for hydroxylation is 1. The molecule has 0 saturated heterocycles. The van der Waals surface area contributed by atoms with Gasteiger partial charge in [-0.1, -0.05) is 17.7 Å². The van der Waals surface area contributed by atoms with Gasteiger partial charge in [-0.3, -0.25) is 9.59 Å². The van der Waals surface area contributed by atoms with E-state index in [0.29, 0.717) is 28.5 Å². The summed E-state index contributed by atoms with van der Waals surface area (Å²) < 4.78 is 1.71. The van der Waals surface area contributed by atoms with Crippen LogP contribution in [0, 0.1) is 12.8 Å². The third-order valence-corrected chi connectivity index (χ3v) is 4.89. The molecule has 23 heavy (non-hydrogen) atoms. The molecule has 1 aliphatic heterocycles. The standard InChI is InChI=1S/C17H16ClN3O2/c1-9-14-16(23)15-12(6-3-7-13(15)22)19-17(14)21(20-9)11-5-2-4-10(18)8-11/h2,4-5,8,12,15,19H,3,6-7H2,1H3/t12-,15-/m1/s1. The van der Waals surface area contributed by atoms with Gasteiger partial charge in [-0.2, -0.15) is 5.10 Å². The lowest BCUT2D eigenvalue weighted by Gasteiger charge is -2.34. The van der Waals surface area contributed by atoms with Crippen molar-refractivity contribution in [3.8, 4) is 5.69 Å². The van der Waals surface area contributed by atoms with E-state index in [4.69, 9.17) is 11.6 Å². The molecule has 1 fully saturated rings. The van der Waals surface area contributed by atoms with Gasteiger partial charge < -0.3 is 5.32 Å². The third-order valence-electron chi connectivity index (χ3n) is 4.65. The fourth-order valence-corrected chi connectivity index (χ4v) is 3.79. The number of carbonyl (C=O) groups excluding carboxylic acids is 2. The highest BCUT2D eigenvalue weighted by Crippen LogP contribution is 2.37. The summed E-state index contributed by atoms with van der Waals surface area (Å²) in [5.74, 6) is 0.0520. The molecular formula is C17H16ClN3O2. The molecule has 2 aromatic rings. The summed E-state index contributed by atoms with van der Waals surface area (Å²) in [7, 11) is 0. The Kier molecular flexibility index (Phi) is 3.27. The molecule has 1 aromatic heterocycles. The molecule has 0 bridgehead atoms. The maximum absolute atomic E-state index is 12.9. The van der Waals surface area contributed by atoms with E-state index in [-0.39, 0.29) is 17.6 Å². The molecule has 118 valence electrons. The second-order valence-electron chi connectivity index (χ2n) is 6.15. The van der Waals surface area contributed by atoms with E-state index in [2.05, 4.69) is 10.4 Å². The van der Waals surface area contributed by atoms with E-state index in [0.717, 1.165) is 18.5 Å². The number of nitrogens with one attached hydrogen (secondary N) is 1. The first-order chi connectivity index (χ1) is 11.1. The van der Waals surface area contributed by atoms with E-state index < -0.39 is 5.92 Å². The number of aromatic nitrogens is 2. The molecule has 0 spiro atoms. The lowest BCUT2D eigenvalue weighted by Crippen LogP contribution is -2.46. The first-order valence-corrected chi connectivity index (χ1v) is 8.13. The van der Waals surface area contributed by atoms with Crippen molar-refractivity contribution in [1.29, 1.82) is 0 Å². The van der Waals surface area contributed by atoms with Crippen LogP contribution in [0.5, 0.6) is 0 Å². The van der Waals surface area contributed by atoms with Crippen molar-refractivity contribution in [3.63, 3.8) is 0 Å². The molecule has 0 unspecified atom stereocenters. The summed E-state index contributed by atoms with van der Waals surface area (Å²) in [6.45, 7) is 1.80. The predicted molar refractivity (Wildman–Crippen MR) is 87.4 cm³/mol. The molecule has 1 N–H and O–H groups in total. The zero-order chi connectivity index (χ0) is 16.1. The van der Waals surface area contributed by atoms with Crippen molar-refractivity contribution in [2.24, 2.45) is 5.92 Å². The number of anilines is 1. The Labute approximate surface area is 138 Å². The minimum atomic E-state index is -0.563. The van der Waals surface area contributed by atoms with Gasteiger partial charge in [0, 0.05) is 17.5 Å². The fraction of sp³-hybridized carbons (Fsp3) is 0.353. The number of hydrogen-bond acceptors (Lipinski definition) is 4. The Morgan fingerprint density at radius 2 is 2.17 bits per heavy atom. The van der Waals surface area contributed by atoms with Gasteiger partial charge >= 0.3 is 0 Å². The fourth-order valence-electron chi connectivity index (χ4n) is 3.61. The molecule has 4 rings (SSSR count). The summed E-state index contributed by atoms with van der Waals surface area (Å²) in [5.41, 5.74) is 1.96. The average molecular weight is 330 g/mol. The Balaban J connectivity index is 1.86. The molecule has 0 amide bonds. The number of carbonyl (C=O) groups is 2. The molecule has 0 radical (unpaired) electrons. The summed E-state index contributed by atoms with van der Waals surface area (Å²) in [5, 5.41) is 8.49. The second-order valence-corrected chi connectivity index (χ2v) is 6.59. The van der Waals surface area contributed by atoms with Crippen molar-refractivity contribution < 1.29 is 9.59 Å². The van der Waals surface area contributed by atoms with E-state index in [9.17, 15) is 9.59 Å². The molecule has 1 saturated carbocycles. The second kappa shape index (κ2) is 5.20. The minimum Gasteiger partial charge on any atom is -0.365 e. The minimum absolute atomic E-state index is 0.0410. The van der Waals surface area contributed by atoms with Crippen molar-refractivity contribution in [2.75, 3.05) is 5.32 Å². The van der Waals surface area contributed by atoms with E-state index >= 15 is 0 Å². The third kappa shape index (κ3) is 2.18. The first kappa shape index (κ1) is 14.5. The quantitative estimate of drug-likeness (QED) is 0.816.